The Morgan fingerprint density at radius 1 is 1.00 bits per heavy atom. The van der Waals surface area contributed by atoms with Crippen molar-refractivity contribution in [2.24, 2.45) is 5.92 Å². The van der Waals surface area contributed by atoms with Crippen molar-refractivity contribution in [1.82, 2.24) is 0 Å². The molecule has 0 unspecified atom stereocenters. The molecule has 7 nitrogen and oxygen atoms in total. The van der Waals surface area contributed by atoms with Crippen LogP contribution < -0.4 is 14.4 Å². The summed E-state index contributed by atoms with van der Waals surface area (Å²) >= 11 is 0. The van der Waals surface area contributed by atoms with E-state index in [1.54, 1.807) is 18.2 Å². The van der Waals surface area contributed by atoms with Crippen molar-refractivity contribution in [3.8, 4) is 16.9 Å². The van der Waals surface area contributed by atoms with E-state index in [0.29, 0.717) is 48.8 Å². The molecule has 0 atom stereocenters. The molecule has 1 aliphatic heterocycles. The van der Waals surface area contributed by atoms with Crippen LogP contribution in [-0.2, 0) is 25.7 Å². The van der Waals surface area contributed by atoms with Gasteiger partial charge in [0.05, 0.1) is 36.1 Å². The zero-order valence-electron chi connectivity index (χ0n) is 21.8. The van der Waals surface area contributed by atoms with Crippen molar-refractivity contribution < 1.29 is 40.2 Å². The number of benzene rings is 3. The third-order valence-corrected chi connectivity index (χ3v) is 8.15. The second-order valence-corrected chi connectivity index (χ2v) is 11.1. The molecule has 0 amide bonds. The predicted octanol–water partition coefficient (Wildman–Crippen LogP) is 6.10. The van der Waals surface area contributed by atoms with Gasteiger partial charge in [0.1, 0.15) is 11.6 Å². The van der Waals surface area contributed by atoms with Gasteiger partial charge in [-0.25, -0.2) is 12.8 Å². The SMILES string of the molecule is COC(=O)CC1CCN(c2ccc(-c3cc(F)cc(OC)c3)cc2NS(=O)(=O)c2cccc(C(F)(F)F)c2)CC1. The number of piperidine rings is 1. The van der Waals surface area contributed by atoms with Crippen LogP contribution in [0.15, 0.2) is 65.6 Å². The highest BCUT2D eigenvalue weighted by atomic mass is 32.2. The molecule has 1 saturated heterocycles. The average molecular weight is 581 g/mol. The topological polar surface area (TPSA) is 84.9 Å². The van der Waals surface area contributed by atoms with Gasteiger partial charge in [-0.15, -0.1) is 0 Å². The summed E-state index contributed by atoms with van der Waals surface area (Å²) in [5.74, 6) is -0.495. The van der Waals surface area contributed by atoms with Crippen molar-refractivity contribution in [1.29, 1.82) is 0 Å². The molecule has 0 radical (unpaired) electrons. The molecule has 3 aromatic carbocycles. The molecule has 0 aliphatic carbocycles. The highest BCUT2D eigenvalue weighted by molar-refractivity contribution is 7.92. The number of halogens is 4. The molecule has 0 spiro atoms. The van der Waals surface area contributed by atoms with Crippen molar-refractivity contribution in [2.45, 2.75) is 30.3 Å². The summed E-state index contributed by atoms with van der Waals surface area (Å²) in [6.07, 6.45) is -3.14. The molecule has 0 aromatic heterocycles. The predicted molar refractivity (Wildman–Crippen MR) is 142 cm³/mol. The summed E-state index contributed by atoms with van der Waals surface area (Å²) in [5, 5.41) is 0. The minimum atomic E-state index is -4.72. The van der Waals surface area contributed by atoms with Gasteiger partial charge < -0.3 is 14.4 Å². The summed E-state index contributed by atoms with van der Waals surface area (Å²) in [6, 6.07) is 12.4. The standard InChI is InChI=1S/C28H28F4N2O5S/c1-38-23-14-20(13-22(29)17-23)19-6-7-26(34-10-8-18(9-11-34)12-27(35)39-2)25(15-19)33-40(36,37)24-5-3-4-21(16-24)28(30,31)32/h3-7,13-18,33H,8-12H2,1-2H3. The van der Waals surface area contributed by atoms with E-state index in [1.165, 1.54) is 32.4 Å². The van der Waals surface area contributed by atoms with Gasteiger partial charge in [-0.1, -0.05) is 12.1 Å². The Bertz CT molecular complexity index is 1490. The Labute approximate surface area is 229 Å². The molecule has 1 fully saturated rings. The first-order chi connectivity index (χ1) is 18.9. The van der Waals surface area contributed by atoms with Gasteiger partial charge in [0.15, 0.2) is 0 Å². The minimum Gasteiger partial charge on any atom is -0.497 e. The molecule has 12 heteroatoms. The fourth-order valence-electron chi connectivity index (χ4n) is 4.66. The highest BCUT2D eigenvalue weighted by Gasteiger charge is 2.32. The summed E-state index contributed by atoms with van der Waals surface area (Å²) in [7, 11) is -1.73. The maximum Gasteiger partial charge on any atom is 0.416 e. The molecule has 0 saturated carbocycles. The van der Waals surface area contributed by atoms with Crippen molar-refractivity contribution in [2.75, 3.05) is 36.9 Å². The van der Waals surface area contributed by atoms with Gasteiger partial charge in [-0.3, -0.25) is 9.52 Å². The van der Waals surface area contributed by atoms with Crippen LogP contribution >= 0.6 is 0 Å². The smallest absolute Gasteiger partial charge is 0.416 e. The molecule has 214 valence electrons. The largest absolute Gasteiger partial charge is 0.497 e. The number of carbonyl (C=O) groups excluding carboxylic acids is 1. The van der Waals surface area contributed by atoms with Crippen LogP contribution in [0.4, 0.5) is 28.9 Å². The second kappa shape index (κ2) is 11.7. The minimum absolute atomic E-state index is 0.105. The first-order valence-electron chi connectivity index (χ1n) is 12.4. The lowest BCUT2D eigenvalue weighted by Crippen LogP contribution is -2.35. The number of alkyl halides is 3. The van der Waals surface area contributed by atoms with Crippen molar-refractivity contribution in [3.63, 3.8) is 0 Å². The lowest BCUT2D eigenvalue weighted by Gasteiger charge is -2.34. The zero-order chi connectivity index (χ0) is 29.1. The van der Waals surface area contributed by atoms with E-state index in [2.05, 4.69) is 4.72 Å². The fraction of sp³-hybridized carbons (Fsp3) is 0.321. The first kappa shape index (κ1) is 29.2. The Morgan fingerprint density at radius 3 is 2.38 bits per heavy atom. The molecule has 4 rings (SSSR count). The molecular formula is C28H28F4N2O5S. The highest BCUT2D eigenvalue weighted by Crippen LogP contribution is 2.37. The summed E-state index contributed by atoms with van der Waals surface area (Å²) in [4.78, 5) is 13.1. The number of sulfonamides is 1. The molecule has 0 bridgehead atoms. The maximum atomic E-state index is 14.2. The van der Waals surface area contributed by atoms with Gasteiger partial charge in [0, 0.05) is 25.6 Å². The zero-order valence-corrected chi connectivity index (χ0v) is 22.6. The Kier molecular flexibility index (Phi) is 8.57. The van der Waals surface area contributed by atoms with E-state index in [-0.39, 0.29) is 29.7 Å². The van der Waals surface area contributed by atoms with Crippen LogP contribution in [0, 0.1) is 11.7 Å². The molecular weight excluding hydrogens is 552 g/mol. The third-order valence-electron chi connectivity index (χ3n) is 6.79. The number of nitrogens with zero attached hydrogens (tertiary/aromatic N) is 1. The molecule has 1 aliphatic rings. The number of hydrogen-bond donors (Lipinski definition) is 1. The Hall–Kier alpha value is -3.80. The van der Waals surface area contributed by atoms with E-state index in [0.717, 1.165) is 18.2 Å². The van der Waals surface area contributed by atoms with E-state index < -0.39 is 32.5 Å². The number of nitrogens with one attached hydrogen (secondary N) is 1. The van der Waals surface area contributed by atoms with Gasteiger partial charge in [0.2, 0.25) is 0 Å². The third kappa shape index (κ3) is 6.85. The first-order valence-corrected chi connectivity index (χ1v) is 13.9. The van der Waals surface area contributed by atoms with Crippen LogP contribution in [0.2, 0.25) is 0 Å². The average Bonchev–Trinajstić information content (AvgIpc) is 2.92. The quantitative estimate of drug-likeness (QED) is 0.256. The number of methoxy groups -OCH3 is 2. The van der Waals surface area contributed by atoms with Gasteiger partial charge >= 0.3 is 12.1 Å². The normalized spacial score (nSPS) is 14.6. The van der Waals surface area contributed by atoms with Crippen LogP contribution in [0.3, 0.4) is 0 Å². The summed E-state index contributed by atoms with van der Waals surface area (Å²) in [6.45, 7) is 1.01. The number of ether oxygens (including phenoxy) is 2. The van der Waals surface area contributed by atoms with Crippen molar-refractivity contribution in [3.05, 3.63) is 72.0 Å². The molecule has 1 N–H and O–H groups in total. The van der Waals surface area contributed by atoms with E-state index in [4.69, 9.17) is 9.47 Å². The molecule has 3 aromatic rings. The molecule has 1 heterocycles. The fourth-order valence-corrected chi connectivity index (χ4v) is 5.77. The van der Waals surface area contributed by atoms with Crippen LogP contribution in [0.5, 0.6) is 5.75 Å². The maximum absolute atomic E-state index is 14.2. The van der Waals surface area contributed by atoms with Crippen molar-refractivity contribution >= 4 is 27.4 Å². The summed E-state index contributed by atoms with van der Waals surface area (Å²) in [5.41, 5.74) is 0.399. The monoisotopic (exact) mass is 580 g/mol. The number of rotatable bonds is 8. The van der Waals surface area contributed by atoms with Crippen LogP contribution in [0.1, 0.15) is 24.8 Å². The van der Waals surface area contributed by atoms with Crippen LogP contribution in [0.25, 0.3) is 11.1 Å². The lowest BCUT2D eigenvalue weighted by atomic mass is 9.93. The van der Waals surface area contributed by atoms with E-state index >= 15 is 0 Å². The number of anilines is 2. The van der Waals surface area contributed by atoms with Gasteiger partial charge in [0.25, 0.3) is 10.0 Å². The van der Waals surface area contributed by atoms with Gasteiger partial charge in [-0.05, 0) is 72.4 Å². The second-order valence-electron chi connectivity index (χ2n) is 9.45. The number of carbonyl (C=O) groups is 1. The Morgan fingerprint density at radius 2 is 1.73 bits per heavy atom. The van der Waals surface area contributed by atoms with Gasteiger partial charge in [-0.2, -0.15) is 13.2 Å². The summed E-state index contributed by atoms with van der Waals surface area (Å²) < 4.78 is 93.0. The van der Waals surface area contributed by atoms with E-state index in [9.17, 15) is 30.8 Å². The van der Waals surface area contributed by atoms with E-state index in [1.807, 2.05) is 4.90 Å². The molecule has 40 heavy (non-hydrogen) atoms. The Balaban J connectivity index is 1.71. The lowest BCUT2D eigenvalue weighted by molar-refractivity contribution is -0.142. The van der Waals surface area contributed by atoms with Crippen LogP contribution in [-0.4, -0.2) is 41.7 Å². The number of esters is 1. The number of hydrogen-bond acceptors (Lipinski definition) is 6.